The third kappa shape index (κ3) is 4.91. The third-order valence-corrected chi connectivity index (χ3v) is 4.62. The Morgan fingerprint density at radius 3 is 2.76 bits per heavy atom. The maximum absolute atomic E-state index is 8.85. The van der Waals surface area contributed by atoms with Gasteiger partial charge >= 0.3 is 0 Å². The molecule has 0 bridgehead atoms. The van der Waals surface area contributed by atoms with Gasteiger partial charge in [0.2, 0.25) is 0 Å². The van der Waals surface area contributed by atoms with Gasteiger partial charge in [-0.05, 0) is 51.1 Å². The Balaban J connectivity index is 1.69. The van der Waals surface area contributed by atoms with E-state index in [1.165, 1.54) is 32.1 Å². The van der Waals surface area contributed by atoms with E-state index in [1.807, 2.05) is 12.1 Å². The highest BCUT2D eigenvalue weighted by Gasteiger charge is 2.17. The molecular weight excluding hydrogens is 282 g/mol. The van der Waals surface area contributed by atoms with Gasteiger partial charge in [0.05, 0.1) is 10.6 Å². The average molecular weight is 306 g/mol. The molecule has 1 fully saturated rings. The van der Waals surface area contributed by atoms with Crippen LogP contribution in [-0.4, -0.2) is 31.1 Å². The highest BCUT2D eigenvalue weighted by molar-refractivity contribution is 6.32. The summed E-state index contributed by atoms with van der Waals surface area (Å²) >= 11 is 6.02. The summed E-state index contributed by atoms with van der Waals surface area (Å²) in [6, 6.07) is 8.35. The standard InChI is InChI=1S/C17H24ClN3/c1-21(16-6-3-2-4-7-16)11-5-10-20-15-9-8-14(13-19)17(18)12-15/h8-9,12,16,20H,2-7,10-11H2,1H3. The van der Waals surface area contributed by atoms with Gasteiger partial charge in [0.1, 0.15) is 6.07 Å². The molecule has 0 saturated heterocycles. The molecule has 1 aromatic rings. The molecule has 4 heteroatoms. The van der Waals surface area contributed by atoms with Crippen LogP contribution in [0.3, 0.4) is 0 Å². The Morgan fingerprint density at radius 2 is 2.10 bits per heavy atom. The van der Waals surface area contributed by atoms with E-state index in [0.717, 1.165) is 31.2 Å². The average Bonchev–Trinajstić information content (AvgIpc) is 2.52. The predicted molar refractivity (Wildman–Crippen MR) is 88.8 cm³/mol. The van der Waals surface area contributed by atoms with Crippen molar-refractivity contribution in [2.24, 2.45) is 0 Å². The van der Waals surface area contributed by atoms with Crippen LogP contribution in [0.5, 0.6) is 0 Å². The lowest BCUT2D eigenvalue weighted by Gasteiger charge is -2.31. The molecule has 0 aromatic heterocycles. The van der Waals surface area contributed by atoms with Crippen molar-refractivity contribution in [3.05, 3.63) is 28.8 Å². The van der Waals surface area contributed by atoms with E-state index in [-0.39, 0.29) is 0 Å². The Morgan fingerprint density at radius 1 is 1.33 bits per heavy atom. The zero-order chi connectivity index (χ0) is 15.1. The summed E-state index contributed by atoms with van der Waals surface area (Å²) < 4.78 is 0. The molecule has 1 aliphatic carbocycles. The first-order chi connectivity index (χ1) is 10.2. The quantitative estimate of drug-likeness (QED) is 0.797. The van der Waals surface area contributed by atoms with Gasteiger partial charge in [0.25, 0.3) is 0 Å². The molecule has 2 rings (SSSR count). The minimum atomic E-state index is 0.516. The van der Waals surface area contributed by atoms with Crippen LogP contribution in [0.2, 0.25) is 5.02 Å². The van der Waals surface area contributed by atoms with Gasteiger partial charge in [-0.3, -0.25) is 0 Å². The summed E-state index contributed by atoms with van der Waals surface area (Å²) in [4.78, 5) is 2.51. The van der Waals surface area contributed by atoms with E-state index in [4.69, 9.17) is 16.9 Å². The molecule has 0 radical (unpaired) electrons. The van der Waals surface area contributed by atoms with E-state index < -0.39 is 0 Å². The largest absolute Gasteiger partial charge is 0.385 e. The van der Waals surface area contributed by atoms with Gasteiger partial charge < -0.3 is 10.2 Å². The maximum atomic E-state index is 8.85. The Kier molecular flexibility index (Phi) is 6.35. The molecule has 0 atom stereocenters. The molecule has 1 aliphatic rings. The van der Waals surface area contributed by atoms with Gasteiger partial charge in [-0.1, -0.05) is 30.9 Å². The summed E-state index contributed by atoms with van der Waals surface area (Å²) in [6.45, 7) is 2.06. The molecule has 0 spiro atoms. The zero-order valence-corrected chi connectivity index (χ0v) is 13.5. The van der Waals surface area contributed by atoms with E-state index in [2.05, 4.69) is 23.3 Å². The first-order valence-electron chi connectivity index (χ1n) is 7.84. The highest BCUT2D eigenvalue weighted by Crippen LogP contribution is 2.22. The van der Waals surface area contributed by atoms with Crippen molar-refractivity contribution in [1.82, 2.24) is 4.90 Å². The summed E-state index contributed by atoms with van der Waals surface area (Å²) in [5.41, 5.74) is 1.51. The smallest absolute Gasteiger partial charge is 0.101 e. The lowest BCUT2D eigenvalue weighted by atomic mass is 9.94. The van der Waals surface area contributed by atoms with E-state index in [9.17, 15) is 0 Å². The zero-order valence-electron chi connectivity index (χ0n) is 12.7. The molecule has 1 saturated carbocycles. The van der Waals surface area contributed by atoms with Gasteiger partial charge in [0.15, 0.2) is 0 Å². The Hall–Kier alpha value is -1.24. The van der Waals surface area contributed by atoms with Crippen molar-refractivity contribution < 1.29 is 0 Å². The van der Waals surface area contributed by atoms with Crippen LogP contribution >= 0.6 is 11.6 Å². The van der Waals surface area contributed by atoms with Crippen LogP contribution in [-0.2, 0) is 0 Å². The molecule has 0 unspecified atom stereocenters. The first kappa shape index (κ1) is 16.1. The third-order valence-electron chi connectivity index (χ3n) is 4.30. The molecular formula is C17H24ClN3. The predicted octanol–water partition coefficient (Wildman–Crippen LogP) is 4.28. The van der Waals surface area contributed by atoms with Gasteiger partial charge in [-0.25, -0.2) is 0 Å². The number of anilines is 1. The number of nitrogens with one attached hydrogen (secondary N) is 1. The van der Waals surface area contributed by atoms with Gasteiger partial charge in [-0.2, -0.15) is 5.26 Å². The molecule has 0 amide bonds. The van der Waals surface area contributed by atoms with Crippen molar-refractivity contribution in [1.29, 1.82) is 5.26 Å². The fourth-order valence-electron chi connectivity index (χ4n) is 2.98. The molecule has 1 N–H and O–H groups in total. The second-order valence-corrected chi connectivity index (χ2v) is 6.27. The highest BCUT2D eigenvalue weighted by atomic mass is 35.5. The minimum Gasteiger partial charge on any atom is -0.385 e. The summed E-state index contributed by atoms with van der Waals surface area (Å²) in [5.74, 6) is 0. The molecule has 114 valence electrons. The molecule has 0 heterocycles. The van der Waals surface area contributed by atoms with Gasteiger partial charge in [-0.15, -0.1) is 0 Å². The summed E-state index contributed by atoms with van der Waals surface area (Å²) in [7, 11) is 2.24. The monoisotopic (exact) mass is 305 g/mol. The summed E-state index contributed by atoms with van der Waals surface area (Å²) in [5, 5.41) is 12.7. The summed E-state index contributed by atoms with van der Waals surface area (Å²) in [6.07, 6.45) is 8.01. The molecule has 0 aliphatic heterocycles. The van der Waals surface area contributed by atoms with Crippen molar-refractivity contribution in [3.63, 3.8) is 0 Å². The number of benzene rings is 1. The first-order valence-corrected chi connectivity index (χ1v) is 8.22. The van der Waals surface area contributed by atoms with Crippen molar-refractivity contribution in [2.75, 3.05) is 25.5 Å². The fourth-order valence-corrected chi connectivity index (χ4v) is 3.20. The molecule has 1 aromatic carbocycles. The Bertz CT molecular complexity index is 489. The van der Waals surface area contributed by atoms with Crippen LogP contribution in [0, 0.1) is 11.3 Å². The van der Waals surface area contributed by atoms with Crippen molar-refractivity contribution in [2.45, 2.75) is 44.6 Å². The number of hydrogen-bond acceptors (Lipinski definition) is 3. The van der Waals surface area contributed by atoms with Crippen molar-refractivity contribution in [3.8, 4) is 6.07 Å². The maximum Gasteiger partial charge on any atom is 0.101 e. The number of nitrogens with zero attached hydrogens (tertiary/aromatic N) is 2. The fraction of sp³-hybridized carbons (Fsp3) is 0.588. The number of rotatable bonds is 6. The van der Waals surface area contributed by atoms with Crippen molar-refractivity contribution >= 4 is 17.3 Å². The second-order valence-electron chi connectivity index (χ2n) is 5.86. The Labute approximate surface area is 132 Å². The minimum absolute atomic E-state index is 0.516. The normalized spacial score (nSPS) is 15.9. The van der Waals surface area contributed by atoms with Crippen LogP contribution in [0.25, 0.3) is 0 Å². The van der Waals surface area contributed by atoms with E-state index in [0.29, 0.717) is 10.6 Å². The van der Waals surface area contributed by atoms with Crippen LogP contribution in [0.1, 0.15) is 44.1 Å². The topological polar surface area (TPSA) is 39.1 Å². The van der Waals surface area contributed by atoms with Crippen LogP contribution in [0.15, 0.2) is 18.2 Å². The lowest BCUT2D eigenvalue weighted by molar-refractivity contribution is 0.191. The van der Waals surface area contributed by atoms with Crippen LogP contribution in [0.4, 0.5) is 5.69 Å². The molecule has 21 heavy (non-hydrogen) atoms. The van der Waals surface area contributed by atoms with Gasteiger partial charge in [0, 0.05) is 18.3 Å². The number of halogens is 1. The van der Waals surface area contributed by atoms with E-state index >= 15 is 0 Å². The molecule has 3 nitrogen and oxygen atoms in total. The second kappa shape index (κ2) is 8.26. The lowest BCUT2D eigenvalue weighted by Crippen LogP contribution is -2.34. The van der Waals surface area contributed by atoms with E-state index in [1.54, 1.807) is 6.07 Å². The van der Waals surface area contributed by atoms with Crippen LogP contribution < -0.4 is 5.32 Å². The number of nitriles is 1. The SMILES string of the molecule is CN(CCCNc1ccc(C#N)c(Cl)c1)C1CCCCC1. The number of hydrogen-bond donors (Lipinski definition) is 1.